The van der Waals surface area contributed by atoms with Gasteiger partial charge in [0.05, 0.1) is 10.8 Å². The van der Waals surface area contributed by atoms with E-state index in [-0.39, 0.29) is 18.8 Å². The number of rotatable bonds is 6. The van der Waals surface area contributed by atoms with Gasteiger partial charge in [0.15, 0.2) is 0 Å². The predicted molar refractivity (Wildman–Crippen MR) is 149 cm³/mol. The Morgan fingerprint density at radius 3 is 2.55 bits per heavy atom. The van der Waals surface area contributed by atoms with Crippen LogP contribution in [0.1, 0.15) is 49.4 Å². The average molecular weight is 589 g/mol. The Morgan fingerprint density at radius 2 is 1.90 bits per heavy atom. The van der Waals surface area contributed by atoms with Crippen molar-refractivity contribution < 1.29 is 28.2 Å². The molecule has 1 fully saturated rings. The van der Waals surface area contributed by atoms with Crippen molar-refractivity contribution in [2.75, 3.05) is 5.32 Å². The van der Waals surface area contributed by atoms with Crippen LogP contribution in [0, 0.1) is 18.3 Å². The Morgan fingerprint density at radius 1 is 1.15 bits per heavy atom. The van der Waals surface area contributed by atoms with E-state index in [0.717, 1.165) is 39.4 Å². The molecule has 0 saturated heterocycles. The number of carboxylic acid groups (broad SMARTS) is 1. The minimum atomic E-state index is -4.60. The summed E-state index contributed by atoms with van der Waals surface area (Å²) >= 11 is 2.87. The molecule has 1 aliphatic carbocycles. The molecule has 2 atom stereocenters. The molecule has 1 aromatic carbocycles. The lowest BCUT2D eigenvalue weighted by Crippen LogP contribution is -2.44. The number of aryl methyl sites for hydroxylation is 1. The number of carboxylic acids is 1. The first-order valence-corrected chi connectivity index (χ1v) is 14.3. The second kappa shape index (κ2) is 10.2. The summed E-state index contributed by atoms with van der Waals surface area (Å²) in [5.74, 6) is -1.60. The summed E-state index contributed by atoms with van der Waals surface area (Å²) in [6.45, 7) is 5.69. The lowest BCUT2D eigenvalue weighted by atomic mass is 9.63. The number of aliphatic carboxylic acids is 1. The fourth-order valence-electron chi connectivity index (χ4n) is 5.36. The summed E-state index contributed by atoms with van der Waals surface area (Å²) in [6.07, 6.45) is -0.990. The van der Waals surface area contributed by atoms with E-state index >= 15 is 0 Å². The van der Waals surface area contributed by atoms with Crippen LogP contribution < -0.4 is 5.32 Å². The van der Waals surface area contributed by atoms with E-state index in [2.05, 4.69) is 20.3 Å². The van der Waals surface area contributed by atoms with Gasteiger partial charge in [0, 0.05) is 18.1 Å². The fourth-order valence-corrected chi connectivity index (χ4v) is 7.24. The summed E-state index contributed by atoms with van der Waals surface area (Å²) in [4.78, 5) is 24.6. The number of thiophene rings is 1. The summed E-state index contributed by atoms with van der Waals surface area (Å²) in [7, 11) is 0. The third-order valence-electron chi connectivity index (χ3n) is 7.33. The van der Waals surface area contributed by atoms with Gasteiger partial charge in [-0.05, 0) is 88.9 Å². The quantitative estimate of drug-likeness (QED) is 0.214. The topological polar surface area (TPSA) is 108 Å². The number of hydrogen-bond acceptors (Lipinski definition) is 8. The molecule has 3 N–H and O–H groups in total. The van der Waals surface area contributed by atoms with Gasteiger partial charge in [-0.25, -0.2) is 15.0 Å². The lowest BCUT2D eigenvalue weighted by Gasteiger charge is -2.44. The zero-order chi connectivity index (χ0) is 28.9. The Labute approximate surface area is 236 Å². The average Bonchev–Trinajstić information content (AvgIpc) is 3.52. The van der Waals surface area contributed by atoms with Crippen LogP contribution in [0.5, 0.6) is 0 Å². The van der Waals surface area contributed by atoms with Crippen molar-refractivity contribution in [1.82, 2.24) is 15.0 Å². The highest BCUT2D eigenvalue weighted by atomic mass is 32.1. The molecule has 3 heterocycles. The molecule has 0 radical (unpaired) electrons. The molecule has 0 unspecified atom stereocenters. The summed E-state index contributed by atoms with van der Waals surface area (Å²) in [5, 5.41) is 28.6. The molecule has 40 heavy (non-hydrogen) atoms. The maximum Gasteiger partial charge on any atom is 0.433 e. The molecule has 3 aromatic heterocycles. The Kier molecular flexibility index (Phi) is 7.22. The number of aromatic nitrogens is 3. The normalized spacial score (nSPS) is 20.8. The molecule has 0 bridgehead atoms. The van der Waals surface area contributed by atoms with E-state index in [0.29, 0.717) is 17.1 Å². The second-order valence-corrected chi connectivity index (χ2v) is 12.6. The fraction of sp³-hybridized carbons (Fsp3) is 0.357. The smallest absolute Gasteiger partial charge is 0.433 e. The molecule has 7 nitrogen and oxygen atoms in total. The maximum absolute atomic E-state index is 13.2. The van der Waals surface area contributed by atoms with Crippen LogP contribution in [0.2, 0.25) is 0 Å². The van der Waals surface area contributed by atoms with E-state index in [1.807, 2.05) is 43.7 Å². The van der Waals surface area contributed by atoms with Crippen LogP contribution in [0.4, 0.5) is 24.8 Å². The highest BCUT2D eigenvalue weighted by Crippen LogP contribution is 2.51. The van der Waals surface area contributed by atoms with Gasteiger partial charge in [0.25, 0.3) is 0 Å². The van der Waals surface area contributed by atoms with Crippen molar-refractivity contribution in [1.29, 1.82) is 0 Å². The van der Waals surface area contributed by atoms with Crippen LogP contribution in [0.3, 0.4) is 0 Å². The number of anilines is 2. The highest BCUT2D eigenvalue weighted by molar-refractivity contribution is 7.15. The highest BCUT2D eigenvalue weighted by Gasteiger charge is 2.49. The van der Waals surface area contributed by atoms with Gasteiger partial charge in [-0.2, -0.15) is 24.5 Å². The van der Waals surface area contributed by atoms with Gasteiger partial charge in [0.1, 0.15) is 16.3 Å². The third kappa shape index (κ3) is 5.61. The molecule has 12 heteroatoms. The van der Waals surface area contributed by atoms with Crippen LogP contribution in [0.25, 0.3) is 21.6 Å². The van der Waals surface area contributed by atoms with Crippen molar-refractivity contribution in [2.45, 2.75) is 51.8 Å². The number of aliphatic hydroxyl groups is 1. The van der Waals surface area contributed by atoms with Gasteiger partial charge >= 0.3 is 12.1 Å². The number of alkyl halides is 3. The molecule has 5 rings (SSSR count). The SMILES string of the molecule is Cc1cscc1-c1cc(Nc2nccc(C(F)(F)F)n2)cc(-c2cnc([C@@]3(O)CC[C@H](C(=O)O)C(C)(C)C3)s2)c1. The maximum atomic E-state index is 13.2. The van der Waals surface area contributed by atoms with Crippen molar-refractivity contribution in [3.63, 3.8) is 0 Å². The Bertz CT molecular complexity index is 1570. The summed E-state index contributed by atoms with van der Waals surface area (Å²) in [5.41, 5.74) is 1.21. The minimum Gasteiger partial charge on any atom is -0.481 e. The Hall–Kier alpha value is -3.35. The van der Waals surface area contributed by atoms with Crippen LogP contribution in [-0.4, -0.2) is 31.1 Å². The Balaban J connectivity index is 1.51. The first-order valence-electron chi connectivity index (χ1n) is 12.5. The van der Waals surface area contributed by atoms with Crippen LogP contribution in [-0.2, 0) is 16.6 Å². The van der Waals surface area contributed by atoms with Gasteiger partial charge in [-0.15, -0.1) is 11.3 Å². The molecular weight excluding hydrogens is 561 g/mol. The van der Waals surface area contributed by atoms with Crippen LogP contribution >= 0.6 is 22.7 Å². The first kappa shape index (κ1) is 28.2. The van der Waals surface area contributed by atoms with Gasteiger partial charge < -0.3 is 15.5 Å². The number of nitrogens with one attached hydrogen (secondary N) is 1. The number of nitrogens with zero attached hydrogens (tertiary/aromatic N) is 3. The second-order valence-electron chi connectivity index (χ2n) is 10.8. The van der Waals surface area contributed by atoms with Crippen molar-refractivity contribution >= 4 is 40.3 Å². The van der Waals surface area contributed by atoms with E-state index in [4.69, 9.17) is 0 Å². The number of benzene rings is 1. The van der Waals surface area contributed by atoms with E-state index in [1.165, 1.54) is 11.3 Å². The molecular formula is C28H27F3N4O3S2. The molecule has 0 spiro atoms. The first-order chi connectivity index (χ1) is 18.7. The van der Waals surface area contributed by atoms with Crippen molar-refractivity contribution in [3.05, 3.63) is 63.7 Å². The number of halogens is 3. The van der Waals surface area contributed by atoms with Gasteiger partial charge in [0.2, 0.25) is 5.95 Å². The lowest BCUT2D eigenvalue weighted by molar-refractivity contribution is -0.154. The molecule has 210 valence electrons. The summed E-state index contributed by atoms with van der Waals surface area (Å²) in [6, 6.07) is 6.39. The zero-order valence-electron chi connectivity index (χ0n) is 21.9. The van der Waals surface area contributed by atoms with Crippen LogP contribution in [0.15, 0.2) is 47.4 Å². The number of carbonyl (C=O) groups is 1. The van der Waals surface area contributed by atoms with Gasteiger partial charge in [-0.3, -0.25) is 4.79 Å². The number of thiazole rings is 1. The largest absolute Gasteiger partial charge is 0.481 e. The monoisotopic (exact) mass is 588 g/mol. The van der Waals surface area contributed by atoms with Crippen molar-refractivity contribution in [3.8, 4) is 21.6 Å². The standard InChI is InChI=1S/C28H27F3N4O3S2/c1-15-12-39-13-19(15)16-8-17(10-18(9-16)34-25-32-7-5-22(35-25)28(29,30)31)21-11-33-24(40-21)27(38)6-4-20(23(36)37)26(2,3)14-27/h5,7-13,20,38H,4,6,14H2,1-3H3,(H,36,37)(H,32,34,35)/t20-,27-/m1/s1. The third-order valence-corrected chi connectivity index (χ3v) is 9.43. The molecule has 4 aromatic rings. The molecule has 0 amide bonds. The molecule has 1 saturated carbocycles. The predicted octanol–water partition coefficient (Wildman–Crippen LogP) is 7.50. The molecule has 0 aliphatic heterocycles. The van der Waals surface area contributed by atoms with Gasteiger partial charge in [-0.1, -0.05) is 13.8 Å². The number of hydrogen-bond donors (Lipinski definition) is 3. The van der Waals surface area contributed by atoms with Crippen molar-refractivity contribution in [2.24, 2.45) is 11.3 Å². The van der Waals surface area contributed by atoms with E-state index in [9.17, 15) is 28.2 Å². The van der Waals surface area contributed by atoms with E-state index in [1.54, 1.807) is 23.6 Å². The summed E-state index contributed by atoms with van der Waals surface area (Å²) < 4.78 is 39.6. The van der Waals surface area contributed by atoms with E-state index < -0.39 is 34.8 Å². The molecule has 1 aliphatic rings. The zero-order valence-corrected chi connectivity index (χ0v) is 23.5. The minimum absolute atomic E-state index is 0.184.